The monoisotopic (exact) mass is 400 g/mol. The molecule has 0 aliphatic carbocycles. The molecule has 2 heterocycles. The Kier molecular flexibility index (Phi) is 6.12. The van der Waals surface area contributed by atoms with Crippen LogP contribution in [0.4, 0.5) is 5.13 Å². The first-order valence-corrected chi connectivity index (χ1v) is 10.1. The van der Waals surface area contributed by atoms with E-state index in [9.17, 15) is 10.1 Å². The van der Waals surface area contributed by atoms with Gasteiger partial charge in [-0.1, -0.05) is 41.7 Å². The van der Waals surface area contributed by atoms with Crippen LogP contribution < -0.4 is 5.32 Å². The van der Waals surface area contributed by atoms with Gasteiger partial charge >= 0.3 is 0 Å². The maximum absolute atomic E-state index is 12.2. The van der Waals surface area contributed by atoms with Crippen molar-refractivity contribution in [3.05, 3.63) is 53.8 Å². The van der Waals surface area contributed by atoms with Gasteiger partial charge in [0.2, 0.25) is 10.3 Å². The van der Waals surface area contributed by atoms with Crippen LogP contribution >= 0.6 is 35.1 Å². The highest BCUT2D eigenvalue weighted by atomic mass is 32.2. The van der Waals surface area contributed by atoms with Crippen molar-refractivity contribution < 1.29 is 9.21 Å². The van der Waals surface area contributed by atoms with Gasteiger partial charge in [-0.15, -0.1) is 0 Å². The maximum Gasteiger partial charge on any atom is 0.268 e. The van der Waals surface area contributed by atoms with E-state index in [1.54, 1.807) is 12.1 Å². The van der Waals surface area contributed by atoms with Crippen molar-refractivity contribution in [1.29, 1.82) is 5.26 Å². The minimum absolute atomic E-state index is 0.0727. The summed E-state index contributed by atoms with van der Waals surface area (Å²) in [7, 11) is 0. The lowest BCUT2D eigenvalue weighted by Crippen LogP contribution is -2.13. The third-order valence-electron chi connectivity index (χ3n) is 3.03. The van der Waals surface area contributed by atoms with Crippen molar-refractivity contribution >= 4 is 52.2 Å². The number of hydrogen-bond donors (Lipinski definition) is 1. The molecule has 0 saturated heterocycles. The van der Waals surface area contributed by atoms with Crippen LogP contribution in [0.5, 0.6) is 0 Å². The van der Waals surface area contributed by atoms with Crippen LogP contribution in [0.3, 0.4) is 0 Å². The highest BCUT2D eigenvalue weighted by Crippen LogP contribution is 2.29. The molecule has 0 saturated carbocycles. The molecule has 0 atom stereocenters. The van der Waals surface area contributed by atoms with Crippen LogP contribution in [-0.2, 0) is 4.79 Å². The quantitative estimate of drug-likeness (QED) is 0.369. The highest BCUT2D eigenvalue weighted by molar-refractivity contribution is 7.99. The Balaban J connectivity index is 1.70. The van der Waals surface area contributed by atoms with Crippen LogP contribution in [0.25, 0.3) is 6.08 Å². The second-order valence-electron chi connectivity index (χ2n) is 4.78. The van der Waals surface area contributed by atoms with Crippen LogP contribution in [0, 0.1) is 11.3 Å². The predicted molar refractivity (Wildman–Crippen MR) is 103 cm³/mol. The molecule has 3 rings (SSSR count). The summed E-state index contributed by atoms with van der Waals surface area (Å²) in [4.78, 5) is 17.4. The number of nitrogens with one attached hydrogen (secondary N) is 1. The standard InChI is InChI=1S/C17H12N4O2S3/c1-24-17-20-16(26-21-17)19-15(22)11(10-18)9-12-7-8-14(23-12)25-13-5-3-2-4-6-13/h2-9H,1H3,(H,19,20,21,22)/b11-9-. The second kappa shape index (κ2) is 8.71. The number of thioether (sulfide) groups is 1. The molecular formula is C17H12N4O2S3. The van der Waals surface area contributed by atoms with Crippen molar-refractivity contribution in [1.82, 2.24) is 9.36 Å². The summed E-state index contributed by atoms with van der Waals surface area (Å²) in [6, 6.07) is 15.2. The fourth-order valence-corrected chi connectivity index (χ4v) is 3.79. The molecule has 1 aromatic carbocycles. The molecule has 26 heavy (non-hydrogen) atoms. The van der Waals surface area contributed by atoms with Crippen molar-refractivity contribution in [2.75, 3.05) is 11.6 Å². The Labute approximate surface area is 162 Å². The van der Waals surface area contributed by atoms with Gasteiger partial charge in [-0.3, -0.25) is 10.1 Å². The van der Waals surface area contributed by atoms with Gasteiger partial charge in [-0.2, -0.15) is 14.6 Å². The molecule has 0 bridgehead atoms. The van der Waals surface area contributed by atoms with E-state index in [4.69, 9.17) is 4.42 Å². The van der Waals surface area contributed by atoms with Gasteiger partial charge in [0.05, 0.1) is 0 Å². The lowest BCUT2D eigenvalue weighted by atomic mass is 10.2. The minimum Gasteiger partial charge on any atom is -0.450 e. The van der Waals surface area contributed by atoms with E-state index in [1.807, 2.05) is 42.7 Å². The highest BCUT2D eigenvalue weighted by Gasteiger charge is 2.14. The van der Waals surface area contributed by atoms with Gasteiger partial charge in [0, 0.05) is 22.5 Å². The molecule has 0 radical (unpaired) electrons. The zero-order valence-corrected chi connectivity index (χ0v) is 16.0. The fourth-order valence-electron chi connectivity index (χ4n) is 1.87. The smallest absolute Gasteiger partial charge is 0.268 e. The van der Waals surface area contributed by atoms with Crippen LogP contribution in [-0.4, -0.2) is 21.5 Å². The minimum atomic E-state index is -0.551. The number of aromatic nitrogens is 2. The molecule has 1 amide bonds. The summed E-state index contributed by atoms with van der Waals surface area (Å²) < 4.78 is 9.72. The first-order chi connectivity index (χ1) is 12.7. The Hall–Kier alpha value is -2.54. The normalized spacial score (nSPS) is 11.2. The van der Waals surface area contributed by atoms with E-state index in [-0.39, 0.29) is 5.57 Å². The number of amides is 1. The van der Waals surface area contributed by atoms with E-state index in [2.05, 4.69) is 14.7 Å². The van der Waals surface area contributed by atoms with Crippen LogP contribution in [0.15, 0.2) is 67.6 Å². The van der Waals surface area contributed by atoms with Gasteiger partial charge in [0.1, 0.15) is 17.4 Å². The summed E-state index contributed by atoms with van der Waals surface area (Å²) >= 11 is 3.90. The lowest BCUT2D eigenvalue weighted by molar-refractivity contribution is -0.112. The topological polar surface area (TPSA) is 91.8 Å². The zero-order chi connectivity index (χ0) is 18.4. The molecule has 0 unspecified atom stereocenters. The number of anilines is 1. The van der Waals surface area contributed by atoms with E-state index >= 15 is 0 Å². The summed E-state index contributed by atoms with van der Waals surface area (Å²) in [6.45, 7) is 0. The van der Waals surface area contributed by atoms with Crippen molar-refractivity contribution in [2.45, 2.75) is 15.1 Å². The van der Waals surface area contributed by atoms with Gasteiger partial charge in [-0.25, -0.2) is 0 Å². The number of carbonyl (C=O) groups is 1. The van der Waals surface area contributed by atoms with E-state index in [0.29, 0.717) is 21.1 Å². The van der Waals surface area contributed by atoms with Crippen molar-refractivity contribution in [3.8, 4) is 6.07 Å². The Morgan fingerprint density at radius 1 is 1.31 bits per heavy atom. The third-order valence-corrected chi connectivity index (χ3v) is 5.25. The van der Waals surface area contributed by atoms with Gasteiger partial charge in [0.15, 0.2) is 5.09 Å². The number of nitriles is 1. The first-order valence-electron chi connectivity index (χ1n) is 7.31. The molecule has 6 nitrogen and oxygen atoms in total. The molecule has 0 fully saturated rings. The fraction of sp³-hybridized carbons (Fsp3) is 0.0588. The second-order valence-corrected chi connectivity index (χ2v) is 7.39. The summed E-state index contributed by atoms with van der Waals surface area (Å²) in [5.41, 5.74) is -0.0727. The molecule has 0 spiro atoms. The molecule has 3 aromatic rings. The van der Waals surface area contributed by atoms with E-state index in [0.717, 1.165) is 16.4 Å². The van der Waals surface area contributed by atoms with Gasteiger partial charge in [0.25, 0.3) is 5.91 Å². The zero-order valence-electron chi connectivity index (χ0n) is 13.5. The number of carbonyl (C=O) groups excluding carboxylic acids is 1. The SMILES string of the molecule is CSc1nsc(NC(=O)/C(C#N)=C\c2ccc(Sc3ccccc3)o2)n1. The van der Waals surface area contributed by atoms with Crippen molar-refractivity contribution in [2.24, 2.45) is 0 Å². The van der Waals surface area contributed by atoms with E-state index in [1.165, 1.54) is 29.6 Å². The average molecular weight is 401 g/mol. The van der Waals surface area contributed by atoms with Crippen LogP contribution in [0.1, 0.15) is 5.76 Å². The number of hydrogen-bond acceptors (Lipinski definition) is 8. The molecule has 9 heteroatoms. The maximum atomic E-state index is 12.2. The molecule has 0 aliphatic heterocycles. The van der Waals surface area contributed by atoms with Gasteiger partial charge < -0.3 is 4.42 Å². The number of rotatable bonds is 6. The summed E-state index contributed by atoms with van der Waals surface area (Å²) in [6.07, 6.45) is 3.25. The number of nitrogens with zero attached hydrogens (tertiary/aromatic N) is 3. The van der Waals surface area contributed by atoms with E-state index < -0.39 is 5.91 Å². The largest absolute Gasteiger partial charge is 0.450 e. The number of furan rings is 1. The Morgan fingerprint density at radius 3 is 2.81 bits per heavy atom. The molecule has 130 valence electrons. The Morgan fingerprint density at radius 2 is 2.12 bits per heavy atom. The van der Waals surface area contributed by atoms with Crippen LogP contribution in [0.2, 0.25) is 0 Å². The molecule has 0 aliphatic rings. The summed E-state index contributed by atoms with van der Waals surface area (Å²) in [5.74, 6) is -0.123. The summed E-state index contributed by atoms with van der Waals surface area (Å²) in [5, 5.41) is 13.4. The average Bonchev–Trinajstić information content (AvgIpc) is 3.29. The molecule has 1 N–H and O–H groups in total. The van der Waals surface area contributed by atoms with Crippen molar-refractivity contribution in [3.63, 3.8) is 0 Å². The number of benzene rings is 1. The Bertz CT molecular complexity index is 973. The predicted octanol–water partition coefficient (Wildman–Crippen LogP) is 4.55. The lowest BCUT2D eigenvalue weighted by Gasteiger charge is -1.99. The third kappa shape index (κ3) is 4.76. The molecular weight excluding hydrogens is 388 g/mol. The van der Waals surface area contributed by atoms with Gasteiger partial charge in [-0.05, 0) is 30.5 Å². The first kappa shape index (κ1) is 18.3. The molecule has 2 aromatic heterocycles.